The van der Waals surface area contributed by atoms with Crippen LogP contribution in [0.5, 0.6) is 0 Å². The fourth-order valence-electron chi connectivity index (χ4n) is 1.10. The third kappa shape index (κ3) is 13.8. The number of hydrogen-bond donors (Lipinski definition) is 1. The monoisotopic (exact) mass is 219 g/mol. The van der Waals surface area contributed by atoms with Crippen LogP contribution in [0, 0.1) is 0 Å². The maximum absolute atomic E-state index is 5.39. The molecule has 0 amide bonds. The first-order valence-electron chi connectivity index (χ1n) is 5.77. The molecule has 1 N–H and O–H groups in total. The molecule has 4 heteroatoms. The summed E-state index contributed by atoms with van der Waals surface area (Å²) in [5.74, 6) is 0. The second kappa shape index (κ2) is 13.8. The van der Waals surface area contributed by atoms with Gasteiger partial charge < -0.3 is 19.5 Å². The Morgan fingerprint density at radius 1 is 0.867 bits per heavy atom. The van der Waals surface area contributed by atoms with Crippen LogP contribution in [-0.4, -0.2) is 53.2 Å². The van der Waals surface area contributed by atoms with E-state index >= 15 is 0 Å². The number of methoxy groups -OCH3 is 1. The first-order chi connectivity index (χ1) is 7.41. The minimum Gasteiger partial charge on any atom is -0.385 e. The Bertz CT molecular complexity index is 100. The van der Waals surface area contributed by atoms with E-state index < -0.39 is 0 Å². The summed E-state index contributed by atoms with van der Waals surface area (Å²) >= 11 is 0. The maximum atomic E-state index is 5.39. The average molecular weight is 219 g/mol. The van der Waals surface area contributed by atoms with Crippen molar-refractivity contribution in [2.24, 2.45) is 0 Å². The molecule has 0 rings (SSSR count). The molecule has 0 saturated carbocycles. The van der Waals surface area contributed by atoms with Crippen LogP contribution >= 0.6 is 0 Å². The van der Waals surface area contributed by atoms with Crippen LogP contribution in [0.2, 0.25) is 0 Å². The van der Waals surface area contributed by atoms with Gasteiger partial charge in [0.25, 0.3) is 0 Å². The van der Waals surface area contributed by atoms with E-state index in [1.807, 2.05) is 0 Å². The lowest BCUT2D eigenvalue weighted by molar-refractivity contribution is 0.0392. The molecule has 0 aromatic rings. The van der Waals surface area contributed by atoms with Gasteiger partial charge in [-0.05, 0) is 25.9 Å². The van der Waals surface area contributed by atoms with E-state index in [0.717, 1.165) is 45.8 Å². The zero-order valence-corrected chi connectivity index (χ0v) is 10.1. The van der Waals surface area contributed by atoms with Gasteiger partial charge in [0.2, 0.25) is 0 Å². The second-order valence-electron chi connectivity index (χ2n) is 3.28. The van der Waals surface area contributed by atoms with Crippen LogP contribution in [0.25, 0.3) is 0 Å². The van der Waals surface area contributed by atoms with Crippen LogP contribution in [0.3, 0.4) is 0 Å². The highest BCUT2D eigenvalue weighted by molar-refractivity contribution is 4.42. The number of ether oxygens (including phenoxy) is 3. The van der Waals surface area contributed by atoms with E-state index in [-0.39, 0.29) is 0 Å². The normalized spacial score (nSPS) is 10.8. The van der Waals surface area contributed by atoms with Crippen LogP contribution in [0.1, 0.15) is 19.8 Å². The highest BCUT2D eigenvalue weighted by Crippen LogP contribution is 1.85. The van der Waals surface area contributed by atoms with Crippen LogP contribution in [0.15, 0.2) is 0 Å². The van der Waals surface area contributed by atoms with Crippen molar-refractivity contribution < 1.29 is 14.2 Å². The van der Waals surface area contributed by atoms with E-state index in [1.54, 1.807) is 7.11 Å². The third-order valence-corrected chi connectivity index (χ3v) is 1.90. The van der Waals surface area contributed by atoms with Crippen molar-refractivity contribution in [2.45, 2.75) is 19.8 Å². The molecule has 0 bridgehead atoms. The molecule has 0 fully saturated rings. The van der Waals surface area contributed by atoms with Crippen molar-refractivity contribution in [1.82, 2.24) is 5.32 Å². The molecule has 0 aliphatic carbocycles. The van der Waals surface area contributed by atoms with E-state index in [1.165, 1.54) is 0 Å². The molecule has 0 unspecified atom stereocenters. The zero-order valence-electron chi connectivity index (χ0n) is 10.1. The molecule has 15 heavy (non-hydrogen) atoms. The van der Waals surface area contributed by atoms with Gasteiger partial charge in [-0.25, -0.2) is 0 Å². The quantitative estimate of drug-likeness (QED) is 0.498. The van der Waals surface area contributed by atoms with Gasteiger partial charge in [-0.1, -0.05) is 6.92 Å². The molecule has 0 saturated heterocycles. The minimum absolute atomic E-state index is 0.685. The van der Waals surface area contributed by atoms with Gasteiger partial charge in [0, 0.05) is 26.9 Å². The smallest absolute Gasteiger partial charge is 0.0700 e. The molecule has 4 nitrogen and oxygen atoms in total. The Labute approximate surface area is 93.3 Å². The molecule has 0 aromatic heterocycles. The predicted octanol–water partition coefficient (Wildman–Crippen LogP) is 1.06. The van der Waals surface area contributed by atoms with Gasteiger partial charge in [0.05, 0.1) is 13.2 Å². The Morgan fingerprint density at radius 2 is 1.53 bits per heavy atom. The van der Waals surface area contributed by atoms with Crippen molar-refractivity contribution in [3.05, 3.63) is 0 Å². The highest BCUT2D eigenvalue weighted by Gasteiger charge is 1.90. The van der Waals surface area contributed by atoms with E-state index in [0.29, 0.717) is 13.2 Å². The maximum Gasteiger partial charge on any atom is 0.0700 e. The first-order valence-corrected chi connectivity index (χ1v) is 5.77. The zero-order chi connectivity index (χ0) is 11.2. The summed E-state index contributed by atoms with van der Waals surface area (Å²) in [4.78, 5) is 0. The fraction of sp³-hybridized carbons (Fsp3) is 1.00. The van der Waals surface area contributed by atoms with Crippen molar-refractivity contribution in [1.29, 1.82) is 0 Å². The number of hydrogen-bond acceptors (Lipinski definition) is 4. The van der Waals surface area contributed by atoms with Crippen molar-refractivity contribution in [3.63, 3.8) is 0 Å². The fourth-order valence-corrected chi connectivity index (χ4v) is 1.10. The second-order valence-corrected chi connectivity index (χ2v) is 3.28. The SMILES string of the molecule is CCNCCCOCCOCCCOC. The molecule has 0 spiro atoms. The molecule has 92 valence electrons. The third-order valence-electron chi connectivity index (χ3n) is 1.90. The molecule has 0 heterocycles. The van der Waals surface area contributed by atoms with Crippen molar-refractivity contribution >= 4 is 0 Å². The summed E-state index contributed by atoms with van der Waals surface area (Å²) < 4.78 is 15.6. The van der Waals surface area contributed by atoms with Crippen LogP contribution in [0.4, 0.5) is 0 Å². The summed E-state index contributed by atoms with van der Waals surface area (Å²) in [6.45, 7) is 7.89. The van der Waals surface area contributed by atoms with Gasteiger partial charge in [-0.2, -0.15) is 0 Å². The lowest BCUT2D eigenvalue weighted by atomic mass is 10.4. The summed E-state index contributed by atoms with van der Waals surface area (Å²) in [6.07, 6.45) is 2.02. The Morgan fingerprint density at radius 3 is 2.13 bits per heavy atom. The topological polar surface area (TPSA) is 39.7 Å². The summed E-state index contributed by atoms with van der Waals surface area (Å²) in [5, 5.41) is 3.25. The van der Waals surface area contributed by atoms with Crippen LogP contribution < -0.4 is 5.32 Å². The lowest BCUT2D eigenvalue weighted by Crippen LogP contribution is -2.16. The molecule has 0 aromatic carbocycles. The molecule has 0 aliphatic heterocycles. The summed E-state index contributed by atoms with van der Waals surface area (Å²) in [5.41, 5.74) is 0. The summed E-state index contributed by atoms with van der Waals surface area (Å²) in [6, 6.07) is 0. The Hall–Kier alpha value is -0.160. The molecular weight excluding hydrogens is 194 g/mol. The number of nitrogens with one attached hydrogen (secondary N) is 1. The predicted molar refractivity (Wildman–Crippen MR) is 61.3 cm³/mol. The highest BCUT2D eigenvalue weighted by atomic mass is 16.5. The van der Waals surface area contributed by atoms with Crippen molar-refractivity contribution in [3.8, 4) is 0 Å². The van der Waals surface area contributed by atoms with Gasteiger partial charge in [0.1, 0.15) is 0 Å². The van der Waals surface area contributed by atoms with Gasteiger partial charge in [-0.3, -0.25) is 0 Å². The van der Waals surface area contributed by atoms with E-state index in [2.05, 4.69) is 12.2 Å². The first kappa shape index (κ1) is 14.8. The Balaban J connectivity index is 2.81. The van der Waals surface area contributed by atoms with Gasteiger partial charge in [-0.15, -0.1) is 0 Å². The molecular formula is C11H25NO3. The standard InChI is InChI=1S/C11H25NO3/c1-3-12-6-4-8-14-10-11-15-9-5-7-13-2/h12H,3-11H2,1-2H3. The Kier molecular flexibility index (Phi) is 13.7. The molecule has 0 aliphatic rings. The van der Waals surface area contributed by atoms with E-state index in [9.17, 15) is 0 Å². The summed E-state index contributed by atoms with van der Waals surface area (Å²) in [7, 11) is 1.70. The minimum atomic E-state index is 0.685. The average Bonchev–Trinajstić information content (AvgIpc) is 2.26. The lowest BCUT2D eigenvalue weighted by Gasteiger charge is -2.05. The van der Waals surface area contributed by atoms with Crippen molar-refractivity contribution in [2.75, 3.05) is 53.2 Å². The number of rotatable bonds is 12. The van der Waals surface area contributed by atoms with Gasteiger partial charge in [0.15, 0.2) is 0 Å². The van der Waals surface area contributed by atoms with Gasteiger partial charge >= 0.3 is 0 Å². The van der Waals surface area contributed by atoms with E-state index in [4.69, 9.17) is 14.2 Å². The van der Waals surface area contributed by atoms with Crippen LogP contribution in [-0.2, 0) is 14.2 Å². The molecule has 0 radical (unpaired) electrons. The largest absolute Gasteiger partial charge is 0.385 e. The molecule has 0 atom stereocenters.